The Hall–Kier alpha value is -3.20. The van der Waals surface area contributed by atoms with E-state index >= 15 is 0 Å². The number of carbonyl (C=O) groups excluding carboxylic acids is 1. The number of amides is 1. The van der Waals surface area contributed by atoms with Crippen LogP contribution in [0.15, 0.2) is 46.6 Å². The molecule has 1 aliphatic heterocycles. The van der Waals surface area contributed by atoms with E-state index in [0.717, 1.165) is 0 Å². The molecule has 0 aliphatic carbocycles. The average Bonchev–Trinajstić information content (AvgIpc) is 2.64. The van der Waals surface area contributed by atoms with Crippen molar-refractivity contribution in [1.29, 1.82) is 0 Å². The number of morpholine rings is 1. The van der Waals surface area contributed by atoms with Gasteiger partial charge < -0.3 is 25.8 Å². The number of pyridine rings is 1. The van der Waals surface area contributed by atoms with E-state index < -0.39 is 6.09 Å². The molecule has 0 atom stereocenters. The van der Waals surface area contributed by atoms with E-state index in [1.165, 1.54) is 11.0 Å². The molecule has 0 unspecified atom stereocenters. The molecule has 0 bridgehead atoms. The van der Waals surface area contributed by atoms with Gasteiger partial charge >= 0.3 is 6.09 Å². The second-order valence-electron chi connectivity index (χ2n) is 5.28. The van der Waals surface area contributed by atoms with Gasteiger partial charge in [-0.15, -0.1) is 5.11 Å². The predicted molar refractivity (Wildman–Crippen MR) is 92.1 cm³/mol. The number of benzene rings is 1. The van der Waals surface area contributed by atoms with Gasteiger partial charge in [0, 0.05) is 19.2 Å². The molecule has 4 N–H and O–H groups in total. The summed E-state index contributed by atoms with van der Waals surface area (Å²) >= 11 is 0. The van der Waals surface area contributed by atoms with Crippen molar-refractivity contribution < 1.29 is 14.3 Å². The van der Waals surface area contributed by atoms with Crippen LogP contribution in [0, 0.1) is 0 Å². The first kappa shape index (κ1) is 16.7. The van der Waals surface area contributed by atoms with E-state index in [0.29, 0.717) is 32.0 Å². The number of azo groups is 1. The second kappa shape index (κ2) is 7.58. The first-order valence-corrected chi connectivity index (χ1v) is 7.71. The second-order valence-corrected chi connectivity index (χ2v) is 5.28. The highest BCUT2D eigenvalue weighted by atomic mass is 16.6. The molecule has 1 aromatic carbocycles. The number of hydrogen-bond acceptors (Lipinski definition) is 8. The maximum atomic E-state index is 12.2. The highest BCUT2D eigenvalue weighted by Gasteiger charge is 2.20. The van der Waals surface area contributed by atoms with Crippen LogP contribution in [0.25, 0.3) is 0 Å². The lowest BCUT2D eigenvalue weighted by Crippen LogP contribution is -2.42. The highest BCUT2D eigenvalue weighted by molar-refractivity contribution is 5.75. The van der Waals surface area contributed by atoms with Gasteiger partial charge in [-0.3, -0.25) is 0 Å². The monoisotopic (exact) mass is 342 g/mol. The molecule has 2 heterocycles. The maximum absolute atomic E-state index is 12.2. The topological polar surface area (TPSA) is 128 Å². The third-order valence-corrected chi connectivity index (χ3v) is 3.52. The van der Waals surface area contributed by atoms with Gasteiger partial charge in [-0.25, -0.2) is 9.78 Å². The number of aromatic nitrogens is 1. The SMILES string of the molecule is Nc1nc(N)c(OC(=O)N2CCOCC2)cc1/N=N/c1ccccc1. The van der Waals surface area contributed by atoms with E-state index in [-0.39, 0.29) is 23.1 Å². The van der Waals surface area contributed by atoms with Crippen LogP contribution in [0.1, 0.15) is 0 Å². The van der Waals surface area contributed by atoms with Crippen molar-refractivity contribution in [2.75, 3.05) is 37.8 Å². The van der Waals surface area contributed by atoms with Crippen LogP contribution >= 0.6 is 0 Å². The molecule has 0 saturated carbocycles. The number of anilines is 2. The molecular formula is C16H18N6O3. The van der Waals surface area contributed by atoms with Crippen molar-refractivity contribution >= 4 is 29.1 Å². The lowest BCUT2D eigenvalue weighted by Gasteiger charge is -2.25. The largest absolute Gasteiger partial charge is 0.415 e. The highest BCUT2D eigenvalue weighted by Crippen LogP contribution is 2.31. The van der Waals surface area contributed by atoms with Crippen molar-refractivity contribution in [2.45, 2.75) is 0 Å². The molecule has 1 fully saturated rings. The van der Waals surface area contributed by atoms with Gasteiger partial charge in [0.15, 0.2) is 17.4 Å². The van der Waals surface area contributed by atoms with Crippen LogP contribution < -0.4 is 16.2 Å². The first-order chi connectivity index (χ1) is 12.1. The smallest absolute Gasteiger partial charge is 0.406 e. The summed E-state index contributed by atoms with van der Waals surface area (Å²) < 4.78 is 10.5. The fourth-order valence-electron chi connectivity index (χ4n) is 2.19. The van der Waals surface area contributed by atoms with E-state index in [4.69, 9.17) is 20.9 Å². The summed E-state index contributed by atoms with van der Waals surface area (Å²) in [5.41, 5.74) is 12.5. The van der Waals surface area contributed by atoms with Crippen molar-refractivity contribution in [3.63, 3.8) is 0 Å². The van der Waals surface area contributed by atoms with Gasteiger partial charge in [-0.2, -0.15) is 5.11 Å². The van der Waals surface area contributed by atoms with E-state index in [2.05, 4.69) is 15.2 Å². The molecule has 0 radical (unpaired) electrons. The summed E-state index contributed by atoms with van der Waals surface area (Å²) in [5, 5.41) is 8.13. The molecule has 9 nitrogen and oxygen atoms in total. The summed E-state index contributed by atoms with van der Waals surface area (Å²) in [5.74, 6) is 0.203. The lowest BCUT2D eigenvalue weighted by molar-refractivity contribution is 0.0416. The Morgan fingerprint density at radius 2 is 1.84 bits per heavy atom. The van der Waals surface area contributed by atoms with Gasteiger partial charge in [0.25, 0.3) is 0 Å². The van der Waals surface area contributed by atoms with Crippen molar-refractivity contribution in [2.24, 2.45) is 10.2 Å². The molecule has 3 rings (SSSR count). The predicted octanol–water partition coefficient (Wildman–Crippen LogP) is 2.49. The van der Waals surface area contributed by atoms with Gasteiger partial charge in [-0.05, 0) is 12.1 Å². The average molecular weight is 342 g/mol. The van der Waals surface area contributed by atoms with Gasteiger partial charge in [-0.1, -0.05) is 18.2 Å². The molecular weight excluding hydrogens is 324 g/mol. The van der Waals surface area contributed by atoms with E-state index in [1.807, 2.05) is 18.2 Å². The third-order valence-electron chi connectivity index (χ3n) is 3.52. The molecule has 1 aromatic heterocycles. The Morgan fingerprint density at radius 3 is 2.56 bits per heavy atom. The quantitative estimate of drug-likeness (QED) is 0.825. The van der Waals surface area contributed by atoms with Gasteiger partial charge in [0.05, 0.1) is 18.9 Å². The molecule has 130 valence electrons. The summed E-state index contributed by atoms with van der Waals surface area (Å²) in [4.78, 5) is 17.7. The molecule has 2 aromatic rings. The van der Waals surface area contributed by atoms with Crippen LogP contribution in [-0.4, -0.2) is 42.3 Å². The minimum atomic E-state index is -0.521. The normalized spacial score (nSPS) is 14.6. The standard InChI is InChI=1S/C16H18N6O3/c17-14-12(21-20-11-4-2-1-3-5-11)10-13(15(18)19-14)25-16(23)22-6-8-24-9-7-22/h1-5,10H,6-9H2,(H4,17,18,19)/b21-20+. The Morgan fingerprint density at radius 1 is 1.12 bits per heavy atom. The summed E-state index contributed by atoms with van der Waals surface area (Å²) in [6.07, 6.45) is -0.521. The maximum Gasteiger partial charge on any atom is 0.415 e. The minimum absolute atomic E-state index is 0.0118. The number of hydrogen-bond donors (Lipinski definition) is 2. The van der Waals surface area contributed by atoms with Crippen LogP contribution in [0.5, 0.6) is 5.75 Å². The van der Waals surface area contributed by atoms with Crippen molar-refractivity contribution in [1.82, 2.24) is 9.88 Å². The summed E-state index contributed by atoms with van der Waals surface area (Å²) in [7, 11) is 0. The van der Waals surface area contributed by atoms with Gasteiger partial charge in [0.1, 0.15) is 5.69 Å². The Balaban J connectivity index is 1.78. The molecule has 25 heavy (non-hydrogen) atoms. The number of nitrogens with two attached hydrogens (primary N) is 2. The van der Waals surface area contributed by atoms with Crippen molar-refractivity contribution in [3.05, 3.63) is 36.4 Å². The van der Waals surface area contributed by atoms with Crippen LogP contribution in [0.4, 0.5) is 27.8 Å². The number of carbonyl (C=O) groups is 1. The Labute approximate surface area is 144 Å². The Kier molecular flexibility index (Phi) is 5.05. The fourth-order valence-corrected chi connectivity index (χ4v) is 2.19. The molecule has 9 heteroatoms. The zero-order valence-corrected chi connectivity index (χ0v) is 13.5. The lowest BCUT2D eigenvalue weighted by atomic mass is 10.3. The van der Waals surface area contributed by atoms with Crippen molar-refractivity contribution in [3.8, 4) is 5.75 Å². The van der Waals surface area contributed by atoms with Crippen LogP contribution in [0.3, 0.4) is 0 Å². The summed E-state index contributed by atoms with van der Waals surface area (Å²) in [6, 6.07) is 10.6. The van der Waals surface area contributed by atoms with Crippen LogP contribution in [-0.2, 0) is 4.74 Å². The van der Waals surface area contributed by atoms with E-state index in [1.54, 1.807) is 12.1 Å². The molecule has 1 saturated heterocycles. The fraction of sp³-hybridized carbons (Fsp3) is 0.250. The van der Waals surface area contributed by atoms with Crippen LogP contribution in [0.2, 0.25) is 0 Å². The zero-order valence-electron chi connectivity index (χ0n) is 13.5. The Bertz CT molecular complexity index is 775. The minimum Gasteiger partial charge on any atom is -0.406 e. The van der Waals surface area contributed by atoms with E-state index in [9.17, 15) is 4.79 Å². The molecule has 1 amide bonds. The zero-order chi connectivity index (χ0) is 17.6. The number of rotatable bonds is 3. The molecule has 1 aliphatic rings. The van der Waals surface area contributed by atoms with Gasteiger partial charge in [0.2, 0.25) is 0 Å². The number of nitrogen functional groups attached to an aromatic ring is 2. The number of nitrogens with zero attached hydrogens (tertiary/aromatic N) is 4. The summed E-state index contributed by atoms with van der Waals surface area (Å²) in [6.45, 7) is 1.87. The third kappa shape index (κ3) is 4.21. The first-order valence-electron chi connectivity index (χ1n) is 7.71. The molecule has 0 spiro atoms. The number of ether oxygens (including phenoxy) is 2.